The van der Waals surface area contributed by atoms with E-state index >= 15 is 0 Å². The van der Waals surface area contributed by atoms with E-state index in [9.17, 15) is 9.59 Å². The molecular formula is C30H47BrCl2N4O2. The molecule has 2 saturated heterocycles. The summed E-state index contributed by atoms with van der Waals surface area (Å²) in [5.74, 6) is 1.76. The van der Waals surface area contributed by atoms with Gasteiger partial charge in [0, 0.05) is 54.2 Å². The number of amides is 3. The van der Waals surface area contributed by atoms with Crippen LogP contribution in [0.15, 0.2) is 28.8 Å². The highest BCUT2D eigenvalue weighted by Gasteiger charge is 2.31. The molecule has 2 aliphatic rings. The van der Waals surface area contributed by atoms with E-state index < -0.39 is 0 Å². The molecule has 3 rings (SSSR count). The number of carbonyl (C=O) groups excluding carboxylic acids is 2. The van der Waals surface area contributed by atoms with Crippen molar-refractivity contribution in [1.29, 1.82) is 5.41 Å². The minimum Gasteiger partial charge on any atom is -0.351 e. The summed E-state index contributed by atoms with van der Waals surface area (Å²) in [4.78, 5) is 28.0. The third kappa shape index (κ3) is 11.4. The summed E-state index contributed by atoms with van der Waals surface area (Å²) in [5.41, 5.74) is 8.01. The lowest BCUT2D eigenvalue weighted by Crippen LogP contribution is -2.44. The average molecular weight is 647 g/mol. The number of alkyl halides is 1. The van der Waals surface area contributed by atoms with Crippen LogP contribution < -0.4 is 5.73 Å². The number of piperidine rings is 2. The standard InChI is InChI=1S/C26H37BrClN3O2.C2H4ClN.C2H6/c1-3-5-6-22(25-19(4-2)16-21(28)17-23(25)27)20-9-13-30(14-10-20)24(32)15-18-7-11-31(12-8-18)26(29)33;3-1-2-4;1-2/h5-6,16-18,20,22H,3-4,7-15H2,1-2H3,(H2,29,33);2,4H,1H2;1-2H3/b6-5+;;. The first kappa shape index (κ1) is 35.5. The van der Waals surface area contributed by atoms with E-state index in [1.807, 2.05) is 19.9 Å². The fraction of sp³-hybridized carbons (Fsp3) is 0.633. The molecule has 0 aliphatic carbocycles. The topological polar surface area (TPSA) is 90.5 Å². The van der Waals surface area contributed by atoms with Gasteiger partial charge in [0.2, 0.25) is 5.91 Å². The first-order valence-electron chi connectivity index (χ1n) is 14.3. The Kier molecular flexibility index (Phi) is 17.7. The van der Waals surface area contributed by atoms with E-state index in [2.05, 4.69) is 52.9 Å². The van der Waals surface area contributed by atoms with Crippen LogP contribution in [0, 0.1) is 17.2 Å². The zero-order chi connectivity index (χ0) is 29.4. The van der Waals surface area contributed by atoms with Crippen molar-refractivity contribution in [3.8, 4) is 0 Å². The number of nitrogens with two attached hydrogens (primary N) is 1. The zero-order valence-corrected chi connectivity index (χ0v) is 27.1. The fourth-order valence-corrected chi connectivity index (χ4v) is 6.46. The second kappa shape index (κ2) is 19.5. The smallest absolute Gasteiger partial charge is 0.314 e. The van der Waals surface area contributed by atoms with E-state index in [0.29, 0.717) is 43.1 Å². The van der Waals surface area contributed by atoms with Gasteiger partial charge in [0.15, 0.2) is 0 Å². The van der Waals surface area contributed by atoms with Crippen molar-refractivity contribution < 1.29 is 9.59 Å². The van der Waals surface area contributed by atoms with Gasteiger partial charge in [-0.1, -0.05) is 67.4 Å². The molecule has 0 aromatic heterocycles. The molecule has 0 spiro atoms. The summed E-state index contributed by atoms with van der Waals surface area (Å²) < 4.78 is 1.08. The molecule has 9 heteroatoms. The molecule has 39 heavy (non-hydrogen) atoms. The van der Waals surface area contributed by atoms with Gasteiger partial charge >= 0.3 is 6.03 Å². The van der Waals surface area contributed by atoms with Crippen LogP contribution in [0.4, 0.5) is 4.79 Å². The minimum atomic E-state index is -0.355. The predicted molar refractivity (Wildman–Crippen MR) is 169 cm³/mol. The van der Waals surface area contributed by atoms with Crippen LogP contribution >= 0.6 is 39.1 Å². The molecule has 1 atom stereocenters. The summed E-state index contributed by atoms with van der Waals surface area (Å²) in [7, 11) is 0. The molecular weight excluding hydrogens is 599 g/mol. The van der Waals surface area contributed by atoms with Crippen LogP contribution in [0.2, 0.25) is 5.02 Å². The molecule has 1 aromatic rings. The number of primary amides is 1. The molecule has 2 aliphatic heterocycles. The monoisotopic (exact) mass is 644 g/mol. The predicted octanol–water partition coefficient (Wildman–Crippen LogP) is 8.04. The Labute approximate surface area is 254 Å². The van der Waals surface area contributed by atoms with E-state index in [1.165, 1.54) is 11.1 Å². The second-order valence-electron chi connectivity index (χ2n) is 9.73. The van der Waals surface area contributed by atoms with E-state index in [4.69, 9.17) is 34.3 Å². The molecule has 0 bridgehead atoms. The molecule has 2 heterocycles. The lowest BCUT2D eigenvalue weighted by molar-refractivity contribution is -0.134. The number of rotatable bonds is 8. The lowest BCUT2D eigenvalue weighted by atomic mass is 9.77. The summed E-state index contributed by atoms with van der Waals surface area (Å²) in [6.45, 7) is 11.3. The number of halogens is 3. The Balaban J connectivity index is 0.00000116. The van der Waals surface area contributed by atoms with Crippen LogP contribution in [0.25, 0.3) is 0 Å². The number of nitrogens with zero attached hydrogens (tertiary/aromatic N) is 2. The highest BCUT2D eigenvalue weighted by Crippen LogP contribution is 2.41. The van der Waals surface area contributed by atoms with Crippen molar-refractivity contribution in [3.63, 3.8) is 0 Å². The number of benzene rings is 1. The maximum atomic E-state index is 13.0. The summed E-state index contributed by atoms with van der Waals surface area (Å²) in [6, 6.07) is 3.74. The van der Waals surface area contributed by atoms with E-state index in [-0.39, 0.29) is 11.9 Å². The largest absolute Gasteiger partial charge is 0.351 e. The molecule has 0 saturated carbocycles. The molecule has 1 unspecified atom stereocenters. The zero-order valence-electron chi connectivity index (χ0n) is 24.0. The summed E-state index contributed by atoms with van der Waals surface area (Å²) >= 11 is 15.1. The van der Waals surface area contributed by atoms with Gasteiger partial charge in [-0.2, -0.15) is 0 Å². The fourth-order valence-electron chi connectivity index (χ4n) is 5.32. The minimum absolute atomic E-state index is 0.258. The van der Waals surface area contributed by atoms with Gasteiger partial charge in [-0.3, -0.25) is 4.79 Å². The van der Waals surface area contributed by atoms with Crippen LogP contribution in [-0.4, -0.2) is 60.0 Å². The van der Waals surface area contributed by atoms with Gasteiger partial charge in [0.05, 0.1) is 5.88 Å². The third-order valence-corrected chi connectivity index (χ3v) is 8.37. The molecule has 2 fully saturated rings. The van der Waals surface area contributed by atoms with Gasteiger partial charge in [-0.15, -0.1) is 11.6 Å². The summed E-state index contributed by atoms with van der Waals surface area (Å²) in [6.07, 6.45) is 12.0. The Morgan fingerprint density at radius 2 is 1.67 bits per heavy atom. The lowest BCUT2D eigenvalue weighted by Gasteiger charge is -2.37. The first-order chi connectivity index (χ1) is 18.7. The van der Waals surface area contributed by atoms with Crippen LogP contribution in [-0.2, 0) is 11.2 Å². The molecule has 0 radical (unpaired) electrons. The molecule has 3 amide bonds. The number of urea groups is 1. The van der Waals surface area contributed by atoms with Gasteiger partial charge in [-0.05, 0) is 73.6 Å². The molecule has 1 aromatic carbocycles. The SMILES string of the molecule is CC.CC/C=C/C(c1c(Br)cc(Cl)cc1CC)C1CCN(C(=O)CC2CCN(C(N)=O)CC2)CC1.N=CCCl. The van der Waals surface area contributed by atoms with Crippen LogP contribution in [0.5, 0.6) is 0 Å². The normalized spacial score (nSPS) is 17.1. The van der Waals surface area contributed by atoms with Gasteiger partial charge in [-0.25, -0.2) is 4.79 Å². The van der Waals surface area contributed by atoms with Crippen molar-refractivity contribution in [1.82, 2.24) is 9.80 Å². The third-order valence-electron chi connectivity index (χ3n) is 7.34. The number of hydrogen-bond donors (Lipinski definition) is 2. The van der Waals surface area contributed by atoms with Crippen molar-refractivity contribution in [2.45, 2.75) is 78.6 Å². The van der Waals surface area contributed by atoms with E-state index in [0.717, 1.165) is 67.3 Å². The first-order valence-corrected chi connectivity index (χ1v) is 16.0. The Bertz CT molecular complexity index is 928. The van der Waals surface area contributed by atoms with Crippen molar-refractivity contribution in [2.75, 3.05) is 32.1 Å². The number of aryl methyl sites for hydroxylation is 1. The van der Waals surface area contributed by atoms with Crippen LogP contribution in [0.1, 0.15) is 83.3 Å². The molecule has 6 nitrogen and oxygen atoms in total. The number of allylic oxidation sites excluding steroid dienone is 2. The maximum Gasteiger partial charge on any atom is 0.314 e. The summed E-state index contributed by atoms with van der Waals surface area (Å²) in [5, 5.41) is 6.96. The number of hydrogen-bond acceptors (Lipinski definition) is 3. The maximum absolute atomic E-state index is 13.0. The Morgan fingerprint density at radius 3 is 2.15 bits per heavy atom. The quantitative estimate of drug-likeness (QED) is 0.170. The molecule has 3 N–H and O–H groups in total. The Morgan fingerprint density at radius 1 is 1.10 bits per heavy atom. The number of likely N-dealkylation sites (tertiary alicyclic amines) is 2. The highest BCUT2D eigenvalue weighted by molar-refractivity contribution is 9.10. The van der Waals surface area contributed by atoms with Crippen molar-refractivity contribution in [3.05, 3.63) is 44.9 Å². The number of carbonyl (C=O) groups is 2. The Hall–Kier alpha value is -1.57. The second-order valence-corrected chi connectivity index (χ2v) is 11.3. The van der Waals surface area contributed by atoms with Gasteiger partial charge in [0.1, 0.15) is 0 Å². The average Bonchev–Trinajstić information content (AvgIpc) is 2.95. The van der Waals surface area contributed by atoms with Crippen LogP contribution in [0.3, 0.4) is 0 Å². The van der Waals surface area contributed by atoms with Crippen molar-refractivity contribution >= 4 is 57.3 Å². The van der Waals surface area contributed by atoms with Gasteiger partial charge < -0.3 is 20.9 Å². The van der Waals surface area contributed by atoms with Crippen molar-refractivity contribution in [2.24, 2.45) is 17.6 Å². The molecule has 220 valence electrons. The van der Waals surface area contributed by atoms with E-state index in [1.54, 1.807) is 4.90 Å². The number of nitrogens with one attached hydrogen (secondary N) is 1. The highest BCUT2D eigenvalue weighted by atomic mass is 79.9. The van der Waals surface area contributed by atoms with Gasteiger partial charge in [0.25, 0.3) is 0 Å².